The number of hydrogen-bond donors (Lipinski definition) is 1. The number of nitrogens with zero attached hydrogens (tertiary/aromatic N) is 2. The van der Waals surface area contributed by atoms with Crippen molar-refractivity contribution >= 4 is 28.8 Å². The van der Waals surface area contributed by atoms with E-state index in [4.69, 9.17) is 0 Å². The normalized spacial score (nSPS) is 15.2. The summed E-state index contributed by atoms with van der Waals surface area (Å²) in [5.41, 5.74) is 4.69. The largest absolute Gasteiger partial charge is 0.355 e. The van der Waals surface area contributed by atoms with E-state index < -0.39 is 0 Å². The van der Waals surface area contributed by atoms with Gasteiger partial charge < -0.3 is 10.2 Å². The molecule has 0 saturated heterocycles. The molecular formula is C23H21N3O2. The second kappa shape index (κ2) is 7.27. The quantitative estimate of drug-likeness (QED) is 0.680. The second-order valence-corrected chi connectivity index (χ2v) is 7.05. The predicted octanol–water partition coefficient (Wildman–Crippen LogP) is 4.62. The van der Waals surface area contributed by atoms with Crippen molar-refractivity contribution in [2.45, 2.75) is 26.3 Å². The fourth-order valence-electron chi connectivity index (χ4n) is 3.61. The number of fused-ring (bicyclic) bond motifs is 1. The van der Waals surface area contributed by atoms with Crippen LogP contribution in [0.1, 0.15) is 40.3 Å². The van der Waals surface area contributed by atoms with Crippen LogP contribution in [0.25, 0.3) is 0 Å². The van der Waals surface area contributed by atoms with Crippen LogP contribution in [0.4, 0.5) is 17.1 Å². The van der Waals surface area contributed by atoms with Crippen LogP contribution in [0, 0.1) is 0 Å². The first kappa shape index (κ1) is 17.9. The van der Waals surface area contributed by atoms with E-state index in [-0.39, 0.29) is 17.7 Å². The summed E-state index contributed by atoms with van der Waals surface area (Å²) in [4.78, 5) is 30.9. The van der Waals surface area contributed by atoms with E-state index in [0.29, 0.717) is 11.3 Å². The first-order valence-electron chi connectivity index (χ1n) is 9.28. The third kappa shape index (κ3) is 3.39. The first-order valence-corrected chi connectivity index (χ1v) is 9.28. The van der Waals surface area contributed by atoms with E-state index in [1.54, 1.807) is 30.5 Å². The van der Waals surface area contributed by atoms with E-state index in [1.165, 1.54) is 12.5 Å². The number of benzene rings is 2. The van der Waals surface area contributed by atoms with Crippen molar-refractivity contribution in [1.82, 2.24) is 4.98 Å². The van der Waals surface area contributed by atoms with E-state index in [0.717, 1.165) is 23.5 Å². The minimum Gasteiger partial charge on any atom is -0.355 e. The summed E-state index contributed by atoms with van der Waals surface area (Å²) < 4.78 is 0. The molecule has 4 rings (SSSR count). The molecule has 1 aliphatic rings. The van der Waals surface area contributed by atoms with Gasteiger partial charge in [-0.25, -0.2) is 0 Å². The Hall–Kier alpha value is -3.47. The molecule has 1 N–H and O–H groups in total. The summed E-state index contributed by atoms with van der Waals surface area (Å²) in [5, 5.41) is 3.25. The maximum atomic E-state index is 13.2. The summed E-state index contributed by atoms with van der Waals surface area (Å²) in [7, 11) is 0. The number of carbonyl (C=O) groups is 2. The number of amides is 1. The van der Waals surface area contributed by atoms with Crippen molar-refractivity contribution in [2.24, 2.45) is 0 Å². The molecule has 0 fully saturated rings. The molecule has 2 heterocycles. The molecule has 2 aromatic carbocycles. The molecule has 1 aliphatic heterocycles. The van der Waals surface area contributed by atoms with E-state index >= 15 is 0 Å². The molecule has 140 valence electrons. The molecule has 0 bridgehead atoms. The Bertz CT molecular complexity index is 1060. The van der Waals surface area contributed by atoms with Gasteiger partial charge in [0.05, 0.1) is 0 Å². The first-order chi connectivity index (χ1) is 13.5. The highest BCUT2D eigenvalue weighted by molar-refractivity contribution is 6.07. The molecule has 0 radical (unpaired) electrons. The average Bonchev–Trinajstić information content (AvgIpc) is 3.03. The monoisotopic (exact) mass is 371 g/mol. The fourth-order valence-corrected chi connectivity index (χ4v) is 3.61. The highest BCUT2D eigenvalue weighted by Crippen LogP contribution is 2.33. The number of para-hydroxylation sites is 1. The third-order valence-electron chi connectivity index (χ3n) is 4.96. The van der Waals surface area contributed by atoms with Crippen LogP contribution in [-0.2, 0) is 6.42 Å². The Morgan fingerprint density at radius 3 is 2.64 bits per heavy atom. The summed E-state index contributed by atoms with van der Waals surface area (Å²) in [6.45, 7) is 3.59. The van der Waals surface area contributed by atoms with Gasteiger partial charge in [-0.1, -0.05) is 30.3 Å². The predicted molar refractivity (Wildman–Crippen MR) is 110 cm³/mol. The van der Waals surface area contributed by atoms with Crippen LogP contribution in [0.15, 0.2) is 66.9 Å². The number of carbonyl (C=O) groups excluding carboxylic acids is 2. The standard InChI is InChI=1S/C23H21N3O2/c1-15-12-18-6-3-4-9-22(18)26(15)23(28)21-14-20(10-11-24-21)25-19-8-5-7-17(13-19)16(2)27/h3-11,13-15H,12H2,1-2H3,(H,24,25). The second-order valence-electron chi connectivity index (χ2n) is 7.05. The van der Waals surface area contributed by atoms with Crippen molar-refractivity contribution in [3.63, 3.8) is 0 Å². The molecule has 5 heteroatoms. The number of hydrogen-bond acceptors (Lipinski definition) is 4. The number of aromatic nitrogens is 1. The maximum Gasteiger partial charge on any atom is 0.277 e. The lowest BCUT2D eigenvalue weighted by atomic mass is 10.1. The van der Waals surface area contributed by atoms with Gasteiger partial charge in [0.25, 0.3) is 5.91 Å². The zero-order valence-corrected chi connectivity index (χ0v) is 15.8. The van der Waals surface area contributed by atoms with E-state index in [2.05, 4.69) is 16.4 Å². The number of Topliss-reactive ketones (excluding diaryl/α,β-unsaturated/α-hetero) is 1. The van der Waals surface area contributed by atoms with E-state index in [9.17, 15) is 9.59 Å². The Morgan fingerprint density at radius 1 is 1.04 bits per heavy atom. The summed E-state index contributed by atoms with van der Waals surface area (Å²) in [5.74, 6) is -0.102. The minimum atomic E-state index is -0.112. The molecule has 0 saturated carbocycles. The Labute approximate surface area is 164 Å². The van der Waals surface area contributed by atoms with Gasteiger partial charge >= 0.3 is 0 Å². The Kier molecular flexibility index (Phi) is 4.65. The van der Waals surface area contributed by atoms with Gasteiger partial charge in [0.2, 0.25) is 0 Å². The van der Waals surface area contributed by atoms with E-state index in [1.807, 2.05) is 42.2 Å². The number of pyridine rings is 1. The van der Waals surface area contributed by atoms with Crippen molar-refractivity contribution in [3.05, 3.63) is 83.7 Å². The highest BCUT2D eigenvalue weighted by atomic mass is 16.2. The number of ketones is 1. The lowest BCUT2D eigenvalue weighted by molar-refractivity contribution is 0.0975. The van der Waals surface area contributed by atoms with Crippen LogP contribution in [0.2, 0.25) is 0 Å². The topological polar surface area (TPSA) is 62.3 Å². The summed E-state index contributed by atoms with van der Waals surface area (Å²) in [6.07, 6.45) is 2.47. The summed E-state index contributed by atoms with van der Waals surface area (Å²) in [6, 6.07) is 18.9. The molecule has 1 unspecified atom stereocenters. The number of rotatable bonds is 4. The molecule has 1 atom stereocenters. The zero-order chi connectivity index (χ0) is 19.7. The highest BCUT2D eigenvalue weighted by Gasteiger charge is 2.31. The molecule has 3 aromatic rings. The van der Waals surface area contributed by atoms with Gasteiger partial charge in [-0.15, -0.1) is 0 Å². The SMILES string of the molecule is CC(=O)c1cccc(Nc2ccnc(C(=O)N3c4ccccc4CC3C)c2)c1. The fraction of sp³-hybridized carbons (Fsp3) is 0.174. The molecule has 5 nitrogen and oxygen atoms in total. The zero-order valence-electron chi connectivity index (χ0n) is 15.8. The van der Waals surface area contributed by atoms with Gasteiger partial charge in [0.1, 0.15) is 5.69 Å². The lowest BCUT2D eigenvalue weighted by Crippen LogP contribution is -2.36. The molecule has 0 spiro atoms. The van der Waals surface area contributed by atoms with Crippen molar-refractivity contribution < 1.29 is 9.59 Å². The van der Waals surface area contributed by atoms with Crippen LogP contribution < -0.4 is 10.2 Å². The molecular weight excluding hydrogens is 350 g/mol. The number of anilines is 3. The maximum absolute atomic E-state index is 13.2. The molecule has 1 aromatic heterocycles. The average molecular weight is 371 g/mol. The van der Waals surface area contributed by atoms with Crippen LogP contribution in [0.3, 0.4) is 0 Å². The van der Waals surface area contributed by atoms with Gasteiger partial charge in [0, 0.05) is 34.9 Å². The smallest absolute Gasteiger partial charge is 0.277 e. The van der Waals surface area contributed by atoms with Crippen LogP contribution in [0.5, 0.6) is 0 Å². The molecule has 1 amide bonds. The third-order valence-corrected chi connectivity index (χ3v) is 4.96. The van der Waals surface area contributed by atoms with Gasteiger partial charge in [0.15, 0.2) is 5.78 Å². The van der Waals surface area contributed by atoms with Crippen molar-refractivity contribution in [1.29, 1.82) is 0 Å². The van der Waals surface area contributed by atoms with Gasteiger partial charge in [-0.2, -0.15) is 0 Å². The van der Waals surface area contributed by atoms with Crippen molar-refractivity contribution in [2.75, 3.05) is 10.2 Å². The molecule has 0 aliphatic carbocycles. The van der Waals surface area contributed by atoms with Crippen molar-refractivity contribution in [3.8, 4) is 0 Å². The Morgan fingerprint density at radius 2 is 1.82 bits per heavy atom. The van der Waals surface area contributed by atoms with Crippen LogP contribution >= 0.6 is 0 Å². The van der Waals surface area contributed by atoms with Gasteiger partial charge in [-0.05, 0) is 56.2 Å². The molecule has 28 heavy (non-hydrogen) atoms. The lowest BCUT2D eigenvalue weighted by Gasteiger charge is -2.22. The number of nitrogens with one attached hydrogen (secondary N) is 1. The van der Waals surface area contributed by atoms with Crippen LogP contribution in [-0.4, -0.2) is 22.7 Å². The Balaban J connectivity index is 1.60. The summed E-state index contributed by atoms with van der Waals surface area (Å²) >= 11 is 0. The minimum absolute atomic E-state index is 0.0101. The van der Waals surface area contributed by atoms with Gasteiger partial charge in [-0.3, -0.25) is 14.6 Å².